The zero-order valence-corrected chi connectivity index (χ0v) is 13.1. The molecule has 0 aromatic heterocycles. The zero-order valence-electron chi connectivity index (χ0n) is 12.3. The van der Waals surface area contributed by atoms with Crippen molar-refractivity contribution in [3.05, 3.63) is 48.5 Å². The van der Waals surface area contributed by atoms with E-state index in [1.165, 1.54) is 17.2 Å². The lowest BCUT2D eigenvalue weighted by molar-refractivity contribution is -0.120. The molecule has 0 unspecified atom stereocenters. The second-order valence-electron chi connectivity index (χ2n) is 4.77. The molecule has 0 heterocycles. The van der Waals surface area contributed by atoms with Crippen molar-refractivity contribution < 1.29 is 13.2 Å². The van der Waals surface area contributed by atoms with Crippen molar-refractivity contribution in [2.75, 3.05) is 0 Å². The highest BCUT2D eigenvalue weighted by Gasteiger charge is 2.05. The van der Waals surface area contributed by atoms with E-state index >= 15 is 0 Å². The third kappa shape index (κ3) is 7.66. The molecule has 0 amide bonds. The van der Waals surface area contributed by atoms with Crippen LogP contribution >= 0.6 is 0 Å². The molecule has 22 heavy (non-hydrogen) atoms. The number of nitrogens with zero attached hydrogens (tertiary/aromatic N) is 1. The van der Waals surface area contributed by atoms with E-state index in [1.54, 1.807) is 0 Å². The van der Waals surface area contributed by atoms with Crippen LogP contribution in [-0.2, 0) is 15.3 Å². The van der Waals surface area contributed by atoms with E-state index in [2.05, 4.69) is 58.8 Å². The van der Waals surface area contributed by atoms with Crippen molar-refractivity contribution in [1.82, 2.24) is 0 Å². The summed E-state index contributed by atoms with van der Waals surface area (Å²) in [6.07, 6.45) is 5.24. The maximum atomic E-state index is 10.5. The maximum Gasteiger partial charge on any atom is 0.327 e. The Morgan fingerprint density at radius 1 is 0.818 bits per heavy atom. The number of rotatable bonds is 0. The van der Waals surface area contributed by atoms with Gasteiger partial charge in [-0.25, -0.2) is 5.84 Å². The molecule has 1 fully saturated rings. The smallest absolute Gasteiger partial charge is 0.300 e. The Morgan fingerprint density at radius 2 is 1.18 bits per heavy atom. The molecule has 0 aliphatic heterocycles. The molecule has 3 rings (SSSR count). The minimum atomic E-state index is -2.42. The van der Waals surface area contributed by atoms with E-state index in [0.29, 0.717) is 5.78 Å². The van der Waals surface area contributed by atoms with Gasteiger partial charge in [0.05, 0.1) is 0 Å². The van der Waals surface area contributed by atoms with Gasteiger partial charge in [-0.1, -0.05) is 59.4 Å². The minimum absolute atomic E-state index is 0.464. The Bertz CT molecular complexity index is 646. The third-order valence-electron chi connectivity index (χ3n) is 3.16. The van der Waals surface area contributed by atoms with Gasteiger partial charge in [0.25, 0.3) is 0 Å². The summed E-state index contributed by atoms with van der Waals surface area (Å²) in [6, 6.07) is 16.7. The third-order valence-corrected chi connectivity index (χ3v) is 3.33. The quantitative estimate of drug-likeness (QED) is 0.596. The Kier molecular flexibility index (Phi) is 8.71. The van der Waals surface area contributed by atoms with Crippen LogP contribution in [0.15, 0.2) is 53.0 Å². The van der Waals surface area contributed by atoms with Crippen LogP contribution in [-0.4, -0.2) is 14.2 Å². The average Bonchev–Trinajstić information content (AvgIpc) is 2.57. The SMILES string of the molecule is NN=S(=O)=O.O=C1CCCCC1.c1ccc2ccccc2c1. The van der Waals surface area contributed by atoms with Gasteiger partial charge >= 0.3 is 10.5 Å². The van der Waals surface area contributed by atoms with Crippen LogP contribution in [0.25, 0.3) is 10.8 Å². The van der Waals surface area contributed by atoms with Gasteiger partial charge in [0.15, 0.2) is 0 Å². The van der Waals surface area contributed by atoms with Gasteiger partial charge in [0, 0.05) is 12.8 Å². The predicted molar refractivity (Wildman–Crippen MR) is 87.6 cm³/mol. The van der Waals surface area contributed by atoms with Gasteiger partial charge in [-0.2, -0.15) is 8.42 Å². The minimum Gasteiger partial charge on any atom is -0.300 e. The van der Waals surface area contributed by atoms with E-state index in [0.717, 1.165) is 25.7 Å². The van der Waals surface area contributed by atoms with Gasteiger partial charge in [0.1, 0.15) is 5.78 Å². The predicted octanol–water partition coefficient (Wildman–Crippen LogP) is 3.28. The molecular weight excluding hydrogens is 300 g/mol. The fourth-order valence-corrected chi connectivity index (χ4v) is 2.08. The lowest BCUT2D eigenvalue weighted by Gasteiger charge is -2.05. The molecule has 2 N–H and O–H groups in total. The van der Waals surface area contributed by atoms with Gasteiger partial charge in [-0.15, -0.1) is 0 Å². The van der Waals surface area contributed by atoms with E-state index in [9.17, 15) is 4.79 Å². The van der Waals surface area contributed by atoms with Gasteiger partial charge in [0.2, 0.25) is 0 Å². The first-order valence-corrected chi connectivity index (χ1v) is 8.12. The highest BCUT2D eigenvalue weighted by molar-refractivity contribution is 7.61. The van der Waals surface area contributed by atoms with Crippen LogP contribution in [0.2, 0.25) is 0 Å². The number of hydrogen-bond donors (Lipinski definition) is 1. The fraction of sp³-hybridized carbons (Fsp3) is 0.312. The molecule has 2 aromatic carbocycles. The number of carbonyl (C=O) groups excluding carboxylic acids is 1. The monoisotopic (exact) mass is 320 g/mol. The maximum absolute atomic E-state index is 10.5. The number of Topliss-reactive ketones (excluding diaryl/α,β-unsaturated/α-hetero) is 1. The molecule has 1 saturated carbocycles. The summed E-state index contributed by atoms with van der Waals surface area (Å²) in [4.78, 5) is 10.5. The van der Waals surface area contributed by atoms with Crippen LogP contribution in [0.4, 0.5) is 0 Å². The molecule has 2 aromatic rings. The lowest BCUT2D eigenvalue weighted by Crippen LogP contribution is -2.02. The molecule has 5 nitrogen and oxygen atoms in total. The van der Waals surface area contributed by atoms with Crippen molar-refractivity contribution in [2.45, 2.75) is 32.1 Å². The van der Waals surface area contributed by atoms with Gasteiger partial charge in [-0.05, 0) is 23.6 Å². The first kappa shape index (κ1) is 18.0. The Hall–Kier alpha value is -2.05. The number of benzene rings is 2. The van der Waals surface area contributed by atoms with Gasteiger partial charge < -0.3 is 0 Å². The van der Waals surface area contributed by atoms with Crippen LogP contribution in [0, 0.1) is 0 Å². The van der Waals surface area contributed by atoms with Crippen LogP contribution < -0.4 is 5.84 Å². The molecule has 0 spiro atoms. The molecule has 1 aliphatic rings. The number of ketones is 1. The number of fused-ring (bicyclic) bond motifs is 1. The molecule has 0 radical (unpaired) electrons. The highest BCUT2D eigenvalue weighted by atomic mass is 32.2. The van der Waals surface area contributed by atoms with Crippen molar-refractivity contribution >= 4 is 27.1 Å². The van der Waals surface area contributed by atoms with Crippen LogP contribution in [0.1, 0.15) is 32.1 Å². The molecule has 6 heteroatoms. The van der Waals surface area contributed by atoms with Crippen molar-refractivity contribution in [2.24, 2.45) is 10.3 Å². The molecular formula is C16H20N2O3S. The molecule has 0 bridgehead atoms. The molecule has 118 valence electrons. The Labute approximate surface area is 131 Å². The Balaban J connectivity index is 0.000000178. The first-order valence-electron chi connectivity index (χ1n) is 7.09. The number of nitrogens with two attached hydrogens (primary N) is 1. The first-order chi connectivity index (χ1) is 10.6. The zero-order chi connectivity index (χ0) is 16.2. The lowest BCUT2D eigenvalue weighted by atomic mass is 10.00. The fourth-order valence-electron chi connectivity index (χ4n) is 2.08. The standard InChI is InChI=1S/C10H8.C6H10O.H2N2O2S/c1-2-6-10-8-4-3-7-9(10)5-1;7-6-4-2-1-3-5-6;1-2-5(3)4/h1-8H;1-5H2;1H2. The largest absolute Gasteiger partial charge is 0.327 e. The normalized spacial score (nSPS) is 13.2. The van der Waals surface area contributed by atoms with E-state index in [-0.39, 0.29) is 0 Å². The highest BCUT2D eigenvalue weighted by Crippen LogP contribution is 2.12. The summed E-state index contributed by atoms with van der Waals surface area (Å²) in [7, 11) is -2.42. The average molecular weight is 320 g/mol. The summed E-state index contributed by atoms with van der Waals surface area (Å²) in [6.45, 7) is 0. The summed E-state index contributed by atoms with van der Waals surface area (Å²) >= 11 is 0. The number of hydrogen-bond acceptors (Lipinski definition) is 4. The van der Waals surface area contributed by atoms with Crippen molar-refractivity contribution in [3.63, 3.8) is 0 Å². The Morgan fingerprint density at radius 3 is 1.41 bits per heavy atom. The van der Waals surface area contributed by atoms with Crippen molar-refractivity contribution in [1.29, 1.82) is 0 Å². The van der Waals surface area contributed by atoms with Crippen LogP contribution in [0.5, 0.6) is 0 Å². The van der Waals surface area contributed by atoms with E-state index < -0.39 is 10.5 Å². The van der Waals surface area contributed by atoms with Crippen molar-refractivity contribution in [3.8, 4) is 0 Å². The van der Waals surface area contributed by atoms with Crippen LogP contribution in [0.3, 0.4) is 0 Å². The molecule has 1 aliphatic carbocycles. The molecule has 0 atom stereocenters. The second kappa shape index (κ2) is 10.6. The summed E-state index contributed by atoms with van der Waals surface area (Å²) < 4.78 is 20.5. The topological polar surface area (TPSA) is 89.6 Å². The number of carbonyl (C=O) groups is 1. The van der Waals surface area contributed by atoms with E-state index in [1.807, 2.05) is 0 Å². The molecule has 0 saturated heterocycles. The van der Waals surface area contributed by atoms with Gasteiger partial charge in [-0.3, -0.25) is 4.79 Å². The van der Waals surface area contributed by atoms with E-state index in [4.69, 9.17) is 8.42 Å². The summed E-state index contributed by atoms with van der Waals surface area (Å²) in [5.41, 5.74) is 0. The second-order valence-corrected chi connectivity index (χ2v) is 5.41. The summed E-state index contributed by atoms with van der Waals surface area (Å²) in [5, 5.41) is 2.62. The summed E-state index contributed by atoms with van der Waals surface area (Å²) in [5.74, 6) is 4.65.